The normalized spacial score (nSPS) is 17.8. The standard InChI is InChI=1S/C56H58/c1-35-15-11-13-17-41(35)51-43-23-19-38(40-22-26-48-50(34-40)56(9,10)30-28-54(48,5)6)32-46(43)52(42-18-14-12-16-36(42)2)44-24-20-37(31-45(44)51)39-21-25-47-49(33-39)55(7,8)29-27-53(47,3)4/h11-26,31-34H,27-30H2,1-10H3. The first kappa shape index (κ1) is 36.7. The van der Waals surface area contributed by atoms with Gasteiger partial charge < -0.3 is 0 Å². The van der Waals surface area contributed by atoms with Crippen molar-refractivity contribution in [2.45, 2.75) is 117 Å². The Labute approximate surface area is 336 Å². The second-order valence-electron chi connectivity index (χ2n) is 20.0. The van der Waals surface area contributed by atoms with Gasteiger partial charge in [-0.3, -0.25) is 0 Å². The van der Waals surface area contributed by atoms with Gasteiger partial charge in [0.1, 0.15) is 0 Å². The van der Waals surface area contributed by atoms with Crippen LogP contribution >= 0.6 is 0 Å². The molecule has 282 valence electrons. The van der Waals surface area contributed by atoms with E-state index < -0.39 is 0 Å². The molecule has 2 aliphatic carbocycles. The molecule has 7 aromatic rings. The number of hydrogen-bond acceptors (Lipinski definition) is 0. The molecule has 0 unspecified atom stereocenters. The van der Waals surface area contributed by atoms with Gasteiger partial charge >= 0.3 is 0 Å². The zero-order valence-electron chi connectivity index (χ0n) is 35.4. The summed E-state index contributed by atoms with van der Waals surface area (Å²) in [6.45, 7) is 23.9. The van der Waals surface area contributed by atoms with Crippen molar-refractivity contribution in [3.8, 4) is 44.5 Å². The van der Waals surface area contributed by atoms with Gasteiger partial charge in [-0.25, -0.2) is 0 Å². The SMILES string of the molecule is Cc1ccccc1-c1c2ccc(-c3ccc4c(c3)C(C)(C)CCC4(C)C)cc2c(-c2ccccc2C)c2ccc(-c3ccc4c(c3)C(C)(C)CCC4(C)C)cc12. The number of aryl methyl sites for hydroxylation is 2. The van der Waals surface area contributed by atoms with Gasteiger partial charge in [-0.1, -0.05) is 165 Å². The molecule has 0 spiro atoms. The molecule has 0 nitrogen and oxygen atoms in total. The summed E-state index contributed by atoms with van der Waals surface area (Å²) in [5.41, 5.74) is 19.7. The van der Waals surface area contributed by atoms with Gasteiger partial charge in [0, 0.05) is 0 Å². The molecular formula is C56H58. The van der Waals surface area contributed by atoms with Gasteiger partial charge in [0.2, 0.25) is 0 Å². The third kappa shape index (κ3) is 5.86. The summed E-state index contributed by atoms with van der Waals surface area (Å²) in [6.07, 6.45) is 4.86. The molecule has 9 rings (SSSR count). The van der Waals surface area contributed by atoms with E-state index >= 15 is 0 Å². The van der Waals surface area contributed by atoms with Crippen LogP contribution in [-0.2, 0) is 21.7 Å². The zero-order valence-corrected chi connectivity index (χ0v) is 35.4. The minimum absolute atomic E-state index is 0.153. The minimum Gasteiger partial charge on any atom is -0.0620 e. The first-order valence-electron chi connectivity index (χ1n) is 21.0. The highest BCUT2D eigenvalue weighted by atomic mass is 14.4. The average Bonchev–Trinajstić information content (AvgIpc) is 3.18. The van der Waals surface area contributed by atoms with Crippen LogP contribution in [0.2, 0.25) is 0 Å². The molecule has 0 heterocycles. The Hall–Kier alpha value is -4.94. The highest BCUT2D eigenvalue weighted by molar-refractivity contribution is 6.23. The lowest BCUT2D eigenvalue weighted by Gasteiger charge is -2.42. The fourth-order valence-corrected chi connectivity index (χ4v) is 10.4. The van der Waals surface area contributed by atoms with Crippen LogP contribution < -0.4 is 0 Å². The van der Waals surface area contributed by atoms with Gasteiger partial charge in [-0.05, 0) is 173 Å². The fourth-order valence-electron chi connectivity index (χ4n) is 10.4. The summed E-state index contributed by atoms with van der Waals surface area (Å²) in [7, 11) is 0. The summed E-state index contributed by atoms with van der Waals surface area (Å²) in [4.78, 5) is 0. The third-order valence-electron chi connectivity index (χ3n) is 14.3. The maximum Gasteiger partial charge on any atom is -0.00235 e. The Morgan fingerprint density at radius 3 is 1.02 bits per heavy atom. The molecule has 0 saturated heterocycles. The Morgan fingerprint density at radius 2 is 0.643 bits per heavy atom. The Kier molecular flexibility index (Phi) is 8.38. The molecule has 0 N–H and O–H groups in total. The summed E-state index contributed by atoms with van der Waals surface area (Å²) in [5.74, 6) is 0. The second-order valence-corrected chi connectivity index (χ2v) is 20.0. The monoisotopic (exact) mass is 730 g/mol. The molecule has 0 amide bonds. The van der Waals surface area contributed by atoms with E-state index in [1.165, 1.54) is 125 Å². The molecule has 0 bridgehead atoms. The molecule has 56 heavy (non-hydrogen) atoms. The molecule has 7 aromatic carbocycles. The van der Waals surface area contributed by atoms with Gasteiger partial charge in [-0.15, -0.1) is 0 Å². The Morgan fingerprint density at radius 1 is 0.321 bits per heavy atom. The predicted molar refractivity (Wildman–Crippen MR) is 243 cm³/mol. The number of hydrogen-bond donors (Lipinski definition) is 0. The molecule has 0 atom stereocenters. The summed E-state index contributed by atoms with van der Waals surface area (Å²) in [5, 5.41) is 5.23. The quantitative estimate of drug-likeness (QED) is 0.158. The van der Waals surface area contributed by atoms with Crippen LogP contribution in [0.15, 0.2) is 121 Å². The van der Waals surface area contributed by atoms with Crippen molar-refractivity contribution in [2.24, 2.45) is 0 Å². The van der Waals surface area contributed by atoms with Crippen molar-refractivity contribution in [3.63, 3.8) is 0 Å². The smallest absolute Gasteiger partial charge is 0.00235 e. The summed E-state index contributed by atoms with van der Waals surface area (Å²) < 4.78 is 0. The molecule has 0 aliphatic heterocycles. The first-order chi connectivity index (χ1) is 26.6. The van der Waals surface area contributed by atoms with Crippen molar-refractivity contribution >= 4 is 21.5 Å². The van der Waals surface area contributed by atoms with Crippen molar-refractivity contribution in [2.75, 3.05) is 0 Å². The second kappa shape index (κ2) is 12.8. The van der Waals surface area contributed by atoms with Crippen LogP contribution in [0.3, 0.4) is 0 Å². The molecule has 0 radical (unpaired) electrons. The maximum atomic E-state index is 2.52. The lowest BCUT2D eigenvalue weighted by Crippen LogP contribution is -2.33. The molecule has 0 saturated carbocycles. The van der Waals surface area contributed by atoms with E-state index in [2.05, 4.69) is 191 Å². The molecule has 0 heteroatoms. The van der Waals surface area contributed by atoms with E-state index in [0.717, 1.165) is 0 Å². The van der Waals surface area contributed by atoms with Gasteiger partial charge in [-0.2, -0.15) is 0 Å². The zero-order chi connectivity index (χ0) is 39.4. The third-order valence-corrected chi connectivity index (χ3v) is 14.3. The molecule has 2 aliphatic rings. The van der Waals surface area contributed by atoms with Crippen molar-refractivity contribution in [3.05, 3.63) is 155 Å². The Balaban J connectivity index is 1.35. The van der Waals surface area contributed by atoms with Crippen LogP contribution in [0.25, 0.3) is 66.1 Å². The first-order valence-corrected chi connectivity index (χ1v) is 21.0. The van der Waals surface area contributed by atoms with Gasteiger partial charge in [0.05, 0.1) is 0 Å². The van der Waals surface area contributed by atoms with Crippen molar-refractivity contribution in [1.82, 2.24) is 0 Å². The maximum absolute atomic E-state index is 2.52. The Bertz CT molecular complexity index is 2520. The van der Waals surface area contributed by atoms with E-state index in [1.54, 1.807) is 0 Å². The van der Waals surface area contributed by atoms with E-state index in [4.69, 9.17) is 0 Å². The lowest BCUT2D eigenvalue weighted by molar-refractivity contribution is 0.332. The van der Waals surface area contributed by atoms with E-state index in [-0.39, 0.29) is 21.7 Å². The molecule has 0 aromatic heterocycles. The van der Waals surface area contributed by atoms with Crippen molar-refractivity contribution < 1.29 is 0 Å². The van der Waals surface area contributed by atoms with Crippen LogP contribution in [0.5, 0.6) is 0 Å². The van der Waals surface area contributed by atoms with E-state index in [9.17, 15) is 0 Å². The fraction of sp³-hybridized carbons (Fsp3) is 0.321. The summed E-state index contributed by atoms with van der Waals surface area (Å²) >= 11 is 0. The molecular weight excluding hydrogens is 673 g/mol. The van der Waals surface area contributed by atoms with Crippen LogP contribution in [0.4, 0.5) is 0 Å². The van der Waals surface area contributed by atoms with E-state index in [1.807, 2.05) is 0 Å². The lowest BCUT2D eigenvalue weighted by atomic mass is 9.63. The number of rotatable bonds is 4. The van der Waals surface area contributed by atoms with Crippen LogP contribution in [0.1, 0.15) is 114 Å². The van der Waals surface area contributed by atoms with Gasteiger partial charge in [0.15, 0.2) is 0 Å². The predicted octanol–water partition coefficient (Wildman–Crippen LogP) is 16.0. The number of fused-ring (bicyclic) bond motifs is 4. The van der Waals surface area contributed by atoms with Crippen LogP contribution in [0, 0.1) is 13.8 Å². The largest absolute Gasteiger partial charge is 0.0620 e. The summed E-state index contributed by atoms with van der Waals surface area (Å²) in [6, 6.07) is 47.2. The highest BCUT2D eigenvalue weighted by Gasteiger charge is 2.38. The highest BCUT2D eigenvalue weighted by Crippen LogP contribution is 2.51. The van der Waals surface area contributed by atoms with Crippen LogP contribution in [-0.4, -0.2) is 0 Å². The topological polar surface area (TPSA) is 0 Å². The molecule has 0 fully saturated rings. The average molecular weight is 731 g/mol. The number of benzene rings is 7. The van der Waals surface area contributed by atoms with Gasteiger partial charge in [0.25, 0.3) is 0 Å². The minimum atomic E-state index is 0.153. The van der Waals surface area contributed by atoms with E-state index in [0.29, 0.717) is 0 Å². The van der Waals surface area contributed by atoms with Crippen molar-refractivity contribution in [1.29, 1.82) is 0 Å².